The zero-order valence-electron chi connectivity index (χ0n) is 22.9. The largest absolute Gasteiger partial charge is 0.496 e. The van der Waals surface area contributed by atoms with Gasteiger partial charge in [0.1, 0.15) is 0 Å². The van der Waals surface area contributed by atoms with Crippen molar-refractivity contribution in [1.29, 1.82) is 0 Å². The van der Waals surface area contributed by atoms with Gasteiger partial charge in [0.15, 0.2) is 0 Å². The predicted octanol–water partition coefficient (Wildman–Crippen LogP) is 1.94. The number of rotatable bonds is 3. The highest BCUT2D eigenvalue weighted by molar-refractivity contribution is 9.10. The Labute approximate surface area is 193 Å². The number of hydrogen-bond acceptors (Lipinski definition) is 6. The number of pyridine rings is 2. The van der Waals surface area contributed by atoms with E-state index >= 15 is 0 Å². The third-order valence-corrected chi connectivity index (χ3v) is 5.17. The van der Waals surface area contributed by atoms with Gasteiger partial charge in [-0.15, -0.1) is 0 Å². The maximum Gasteiger partial charge on any atom is 0.496 e. The Hall–Kier alpha value is -2.30. The second kappa shape index (κ2) is 9.68. The Morgan fingerprint density at radius 2 is 1.43 bits per heavy atom. The second-order valence-corrected chi connectivity index (χ2v) is 8.31. The summed E-state index contributed by atoms with van der Waals surface area (Å²) < 4.78 is 54.1. The van der Waals surface area contributed by atoms with Crippen LogP contribution < -0.4 is 16.1 Å². The van der Waals surface area contributed by atoms with E-state index in [1.807, 2.05) is 38.3 Å². The summed E-state index contributed by atoms with van der Waals surface area (Å²) in [5, 5.41) is 3.79. The van der Waals surface area contributed by atoms with Crippen molar-refractivity contribution in [3.05, 3.63) is 52.5 Å². The summed E-state index contributed by atoms with van der Waals surface area (Å²) in [6.07, 6.45) is 5.64. The first-order valence-corrected chi connectivity index (χ1v) is 9.65. The van der Waals surface area contributed by atoms with Crippen LogP contribution in [-0.4, -0.2) is 54.1 Å². The van der Waals surface area contributed by atoms with Gasteiger partial charge in [-0.25, -0.2) is 0 Å². The van der Waals surface area contributed by atoms with Crippen molar-refractivity contribution in [3.63, 3.8) is 0 Å². The van der Waals surface area contributed by atoms with Crippen molar-refractivity contribution in [2.75, 3.05) is 14.0 Å². The number of carbonyl (C=O) groups excluding carboxylic acids is 2. The van der Waals surface area contributed by atoms with E-state index in [0.29, 0.717) is 9.94 Å². The van der Waals surface area contributed by atoms with Gasteiger partial charge in [0.05, 0.1) is 22.3 Å². The lowest BCUT2D eigenvalue weighted by Crippen LogP contribution is -2.41. The number of halogens is 1. The van der Waals surface area contributed by atoms with Crippen LogP contribution in [0.25, 0.3) is 0 Å². The first-order chi connectivity index (χ1) is 16.3. The minimum Gasteiger partial charge on any atom is -0.399 e. The topological polar surface area (TPSA) is 102 Å². The molecule has 0 aromatic carbocycles. The van der Waals surface area contributed by atoms with Gasteiger partial charge >= 0.3 is 7.12 Å². The minimum absolute atomic E-state index is 0.142. The van der Waals surface area contributed by atoms with Crippen LogP contribution >= 0.6 is 15.9 Å². The molecule has 160 valence electrons. The van der Waals surface area contributed by atoms with E-state index in [1.54, 1.807) is 0 Å². The summed E-state index contributed by atoms with van der Waals surface area (Å²) in [7, 11) is -0.655. The van der Waals surface area contributed by atoms with Crippen LogP contribution in [0.4, 0.5) is 0 Å². The minimum atomic E-state index is -2.54. The molecule has 1 aliphatic heterocycles. The van der Waals surface area contributed by atoms with Crippen molar-refractivity contribution < 1.29 is 27.1 Å². The molecule has 30 heavy (non-hydrogen) atoms. The van der Waals surface area contributed by atoms with E-state index < -0.39 is 44.1 Å². The van der Waals surface area contributed by atoms with Gasteiger partial charge in [0, 0.05) is 56.9 Å². The van der Waals surface area contributed by atoms with Crippen LogP contribution in [0, 0.1) is 0 Å². The number of nitrogens with one attached hydrogen (secondary N) is 2. The Bertz CT molecular complexity index is 1100. The average Bonchev–Trinajstić information content (AvgIpc) is 2.93. The molecule has 0 saturated carbocycles. The Kier molecular flexibility index (Phi) is 5.29. The van der Waals surface area contributed by atoms with Gasteiger partial charge in [-0.1, -0.05) is 0 Å². The van der Waals surface area contributed by atoms with Gasteiger partial charge < -0.3 is 19.9 Å². The van der Waals surface area contributed by atoms with Crippen molar-refractivity contribution in [2.24, 2.45) is 0 Å². The molecule has 2 N–H and O–H groups in total. The molecule has 2 aromatic rings. The fourth-order valence-electron chi connectivity index (χ4n) is 2.37. The molecule has 3 heterocycles. The zero-order valence-corrected chi connectivity index (χ0v) is 18.5. The number of amides is 2. The molecule has 0 bridgehead atoms. The zero-order chi connectivity index (χ0) is 27.5. The van der Waals surface area contributed by atoms with E-state index in [4.69, 9.17) is 17.5 Å². The molecule has 0 spiro atoms. The molecule has 8 nitrogen and oxygen atoms in total. The normalized spacial score (nSPS) is 20.1. The van der Waals surface area contributed by atoms with Gasteiger partial charge in [0.25, 0.3) is 11.8 Å². The van der Waals surface area contributed by atoms with E-state index in [1.165, 1.54) is 36.9 Å². The monoisotopic (exact) mass is 482 g/mol. The molecular formula is C20H26BBrN4O4. The third kappa shape index (κ3) is 5.65. The highest BCUT2D eigenvalue weighted by atomic mass is 79.9. The molecule has 3 rings (SSSR count). The van der Waals surface area contributed by atoms with E-state index in [2.05, 4.69) is 25.9 Å². The molecule has 0 unspecified atom stereocenters. The van der Waals surface area contributed by atoms with Crippen LogP contribution in [0.5, 0.6) is 0 Å². The van der Waals surface area contributed by atoms with Crippen molar-refractivity contribution >= 4 is 40.3 Å². The van der Waals surface area contributed by atoms with Crippen LogP contribution in [0.1, 0.15) is 56.6 Å². The molecule has 0 radical (unpaired) electrons. The third-order valence-electron chi connectivity index (χ3n) is 4.74. The summed E-state index contributed by atoms with van der Waals surface area (Å²) in [5.41, 5.74) is -0.0980. The summed E-state index contributed by atoms with van der Waals surface area (Å²) in [4.78, 5) is 30.9. The molecule has 2 amide bonds. The van der Waals surface area contributed by atoms with Crippen LogP contribution in [0.15, 0.2) is 41.4 Å². The second-order valence-electron chi connectivity index (χ2n) is 7.40. The summed E-state index contributed by atoms with van der Waals surface area (Å²) in [6, 6.07) is 3.02. The van der Waals surface area contributed by atoms with E-state index in [0.717, 1.165) is 0 Å². The lowest BCUT2D eigenvalue weighted by molar-refractivity contribution is 0.00578. The lowest BCUT2D eigenvalue weighted by atomic mass is 9.80. The predicted molar refractivity (Wildman–Crippen MR) is 119 cm³/mol. The van der Waals surface area contributed by atoms with Gasteiger partial charge in [-0.3, -0.25) is 19.6 Å². The van der Waals surface area contributed by atoms with E-state index in [9.17, 15) is 9.59 Å². The van der Waals surface area contributed by atoms with Crippen LogP contribution in [-0.2, 0) is 9.31 Å². The molecule has 10 heteroatoms. The highest BCUT2D eigenvalue weighted by Crippen LogP contribution is 2.36. The number of hydrogen-bond donors (Lipinski definition) is 2. The van der Waals surface area contributed by atoms with Gasteiger partial charge in [-0.05, 0) is 55.8 Å². The van der Waals surface area contributed by atoms with Crippen LogP contribution in [0.3, 0.4) is 0 Å². The van der Waals surface area contributed by atoms with Gasteiger partial charge in [-0.2, -0.15) is 0 Å². The Morgan fingerprint density at radius 1 is 0.933 bits per heavy atom. The summed E-state index contributed by atoms with van der Waals surface area (Å²) in [6.45, 7) is 2.67. The smallest absolute Gasteiger partial charge is 0.399 e. The Morgan fingerprint density at radius 3 is 1.93 bits per heavy atom. The molecule has 1 fully saturated rings. The standard InChI is InChI=1S/C13H19BN2O3.C7H7BrN2O/c1-12(2)13(3,4)19-14(18-12)10-6-9(7-16-8-10)11(17)15-5;1-9-7(11)5-2-6(8)4-10-3-5/h6-8H,1-5H3,(H,15,17);2-4H,1H3,(H,9,11)/i5D3;1D3. The highest BCUT2D eigenvalue weighted by Gasteiger charge is 2.51. The Balaban J connectivity index is 0.000000281. The van der Waals surface area contributed by atoms with E-state index in [-0.39, 0.29) is 11.1 Å². The molecule has 0 atom stereocenters. The molecule has 1 aliphatic rings. The fraction of sp³-hybridized carbons (Fsp3) is 0.400. The average molecular weight is 483 g/mol. The fourth-order valence-corrected chi connectivity index (χ4v) is 2.74. The number of aromatic nitrogens is 2. The van der Waals surface area contributed by atoms with Crippen molar-refractivity contribution in [3.8, 4) is 0 Å². The maximum absolute atomic E-state index is 11.9. The first kappa shape index (κ1) is 16.4. The van der Waals surface area contributed by atoms with Crippen LogP contribution in [0.2, 0.25) is 0 Å². The van der Waals surface area contributed by atoms with Crippen molar-refractivity contribution in [2.45, 2.75) is 38.9 Å². The molecule has 0 aliphatic carbocycles. The molecular weight excluding hydrogens is 451 g/mol. The van der Waals surface area contributed by atoms with Gasteiger partial charge in [0.2, 0.25) is 0 Å². The summed E-state index contributed by atoms with van der Waals surface area (Å²) >= 11 is 3.13. The summed E-state index contributed by atoms with van der Waals surface area (Å²) in [5.74, 6) is -1.38. The quantitative estimate of drug-likeness (QED) is 0.648. The maximum atomic E-state index is 11.9. The molecule has 1 saturated heterocycles. The lowest BCUT2D eigenvalue weighted by Gasteiger charge is -2.32. The number of nitrogens with zero attached hydrogens (tertiary/aromatic N) is 2. The molecule has 2 aromatic heterocycles. The first-order valence-electron chi connectivity index (χ1n) is 11.9. The van der Waals surface area contributed by atoms with Crippen molar-refractivity contribution in [1.82, 2.24) is 20.6 Å². The SMILES string of the molecule is [2H]C([2H])([2H])NC(=O)c1cncc(B2OC(C)(C)C(C)(C)O2)c1.[2H]C([2H])([2H])NC(=O)c1cncc(Br)c1. The number of carbonyl (C=O) groups is 2.